The molecule has 0 heterocycles. The molecule has 1 amide bonds. The van der Waals surface area contributed by atoms with Gasteiger partial charge in [0.05, 0.1) is 20.3 Å². The van der Waals surface area contributed by atoms with Crippen LogP contribution in [0.3, 0.4) is 0 Å². The van der Waals surface area contributed by atoms with Gasteiger partial charge < -0.3 is 20.1 Å². The van der Waals surface area contributed by atoms with Gasteiger partial charge in [-0.25, -0.2) is 0 Å². The highest BCUT2D eigenvalue weighted by atomic mass is 35.5. The molecular weight excluding hydrogens is 308 g/mol. The summed E-state index contributed by atoms with van der Waals surface area (Å²) >= 11 is 0. The number of hydrogen-bond acceptors (Lipinski definition) is 5. The van der Waals surface area contributed by atoms with Crippen molar-refractivity contribution in [2.45, 2.75) is 19.4 Å². The minimum absolute atomic E-state index is 0. The van der Waals surface area contributed by atoms with E-state index in [1.807, 2.05) is 24.3 Å². The number of nitrogens with one attached hydrogen (secondary N) is 2. The molecule has 0 saturated carbocycles. The van der Waals surface area contributed by atoms with Crippen LogP contribution in [0.5, 0.6) is 5.75 Å². The van der Waals surface area contributed by atoms with Gasteiger partial charge in [0.15, 0.2) is 0 Å². The van der Waals surface area contributed by atoms with Gasteiger partial charge in [0.2, 0.25) is 5.91 Å². The number of rotatable bonds is 9. The summed E-state index contributed by atoms with van der Waals surface area (Å²) in [7, 11) is 3.10. The van der Waals surface area contributed by atoms with E-state index in [1.165, 1.54) is 7.11 Å². The average molecular weight is 331 g/mol. The van der Waals surface area contributed by atoms with E-state index in [0.717, 1.165) is 11.3 Å². The van der Waals surface area contributed by atoms with E-state index in [2.05, 4.69) is 15.4 Å². The Hall–Kier alpha value is -1.79. The Morgan fingerprint density at radius 2 is 1.86 bits per heavy atom. The first-order valence-corrected chi connectivity index (χ1v) is 6.85. The maximum atomic E-state index is 11.3. The highest BCUT2D eigenvalue weighted by molar-refractivity contribution is 5.85. The van der Waals surface area contributed by atoms with E-state index >= 15 is 0 Å². The van der Waals surface area contributed by atoms with Crippen LogP contribution in [0, 0.1) is 0 Å². The first-order chi connectivity index (χ1) is 10.2. The van der Waals surface area contributed by atoms with E-state index in [4.69, 9.17) is 4.74 Å². The van der Waals surface area contributed by atoms with Crippen molar-refractivity contribution in [3.05, 3.63) is 29.8 Å². The van der Waals surface area contributed by atoms with Crippen LogP contribution >= 0.6 is 12.4 Å². The topological polar surface area (TPSA) is 76.7 Å². The predicted molar refractivity (Wildman–Crippen MR) is 86.2 cm³/mol. The monoisotopic (exact) mass is 330 g/mol. The van der Waals surface area contributed by atoms with Crippen LogP contribution in [0.25, 0.3) is 0 Å². The number of methoxy groups -OCH3 is 1. The molecule has 0 aliphatic carbocycles. The fourth-order valence-electron chi connectivity index (χ4n) is 1.64. The molecule has 0 aliphatic heterocycles. The van der Waals surface area contributed by atoms with Gasteiger partial charge >= 0.3 is 5.97 Å². The standard InChI is InChI=1S/C15H22N2O4.ClH/c1-16-11-14(18)17-10-12-5-7-13(8-6-12)21-9-3-4-15(19)20-2;/h5-8,16H,3-4,9-11H2,1-2H3,(H,17,18);1H. The maximum Gasteiger partial charge on any atom is 0.305 e. The number of halogens is 1. The summed E-state index contributed by atoms with van der Waals surface area (Å²) in [6.07, 6.45) is 0.973. The number of carbonyl (C=O) groups excluding carboxylic acids is 2. The second kappa shape index (κ2) is 11.8. The lowest BCUT2D eigenvalue weighted by molar-refractivity contribution is -0.140. The van der Waals surface area contributed by atoms with Crippen molar-refractivity contribution in [2.75, 3.05) is 27.3 Å². The largest absolute Gasteiger partial charge is 0.494 e. The molecular formula is C15H23ClN2O4. The molecule has 0 atom stereocenters. The van der Waals surface area contributed by atoms with Crippen LogP contribution in [-0.2, 0) is 20.9 Å². The van der Waals surface area contributed by atoms with E-state index in [1.54, 1.807) is 7.05 Å². The Morgan fingerprint density at radius 1 is 1.18 bits per heavy atom. The SMILES string of the molecule is CNCC(=O)NCc1ccc(OCCCC(=O)OC)cc1.Cl. The van der Waals surface area contributed by atoms with Crippen molar-refractivity contribution in [1.29, 1.82) is 0 Å². The fourth-order valence-corrected chi connectivity index (χ4v) is 1.64. The van der Waals surface area contributed by atoms with Crippen LogP contribution in [0.2, 0.25) is 0 Å². The molecule has 0 unspecified atom stereocenters. The van der Waals surface area contributed by atoms with Gasteiger partial charge in [0.1, 0.15) is 5.75 Å². The molecule has 0 saturated heterocycles. The molecule has 0 fully saturated rings. The minimum atomic E-state index is -0.230. The van der Waals surface area contributed by atoms with Crippen LogP contribution in [0.15, 0.2) is 24.3 Å². The van der Waals surface area contributed by atoms with Gasteiger partial charge in [0.25, 0.3) is 0 Å². The van der Waals surface area contributed by atoms with E-state index in [-0.39, 0.29) is 24.3 Å². The molecule has 1 rings (SSSR count). The first-order valence-electron chi connectivity index (χ1n) is 6.85. The van der Waals surface area contributed by atoms with Gasteiger partial charge in [-0.3, -0.25) is 9.59 Å². The number of carbonyl (C=O) groups is 2. The van der Waals surface area contributed by atoms with Gasteiger partial charge in [0, 0.05) is 13.0 Å². The lowest BCUT2D eigenvalue weighted by atomic mass is 10.2. The molecule has 1 aromatic rings. The summed E-state index contributed by atoms with van der Waals surface area (Å²) in [6, 6.07) is 7.49. The van der Waals surface area contributed by atoms with Crippen LogP contribution in [0.1, 0.15) is 18.4 Å². The summed E-state index contributed by atoms with van der Waals surface area (Å²) < 4.78 is 10.1. The number of amides is 1. The lowest BCUT2D eigenvalue weighted by Gasteiger charge is -2.08. The van der Waals surface area contributed by atoms with E-state index < -0.39 is 0 Å². The van der Waals surface area contributed by atoms with Crippen molar-refractivity contribution >= 4 is 24.3 Å². The Kier molecular flexibility index (Phi) is 10.9. The fraction of sp³-hybridized carbons (Fsp3) is 0.467. The van der Waals surface area contributed by atoms with Gasteiger partial charge in [-0.1, -0.05) is 12.1 Å². The van der Waals surface area contributed by atoms with Crippen molar-refractivity contribution in [3.63, 3.8) is 0 Å². The third-order valence-corrected chi connectivity index (χ3v) is 2.77. The zero-order chi connectivity index (χ0) is 15.5. The van der Waals surface area contributed by atoms with Crippen molar-refractivity contribution < 1.29 is 19.1 Å². The molecule has 6 nitrogen and oxygen atoms in total. The molecule has 0 aliphatic rings. The molecule has 0 spiro atoms. The first kappa shape index (κ1) is 20.2. The third-order valence-electron chi connectivity index (χ3n) is 2.77. The molecule has 0 aromatic heterocycles. The predicted octanol–water partition coefficient (Wildman–Crippen LogP) is 1.28. The average Bonchev–Trinajstić information content (AvgIpc) is 2.50. The lowest BCUT2D eigenvalue weighted by Crippen LogP contribution is -2.31. The summed E-state index contributed by atoms with van der Waals surface area (Å²) in [5, 5.41) is 5.59. The molecule has 7 heteroatoms. The summed E-state index contributed by atoms with van der Waals surface area (Å²) in [5.74, 6) is 0.470. The summed E-state index contributed by atoms with van der Waals surface area (Å²) in [6.45, 7) is 1.26. The van der Waals surface area contributed by atoms with Gasteiger partial charge in [-0.2, -0.15) is 0 Å². The van der Waals surface area contributed by atoms with Crippen molar-refractivity contribution in [1.82, 2.24) is 10.6 Å². The maximum absolute atomic E-state index is 11.3. The number of hydrogen-bond donors (Lipinski definition) is 2. The smallest absolute Gasteiger partial charge is 0.305 e. The zero-order valence-corrected chi connectivity index (χ0v) is 13.7. The van der Waals surface area contributed by atoms with Gasteiger partial charge in [-0.05, 0) is 31.2 Å². The molecule has 0 radical (unpaired) electrons. The number of likely N-dealkylation sites (N-methyl/N-ethyl adjacent to an activating group) is 1. The van der Waals surface area contributed by atoms with Crippen LogP contribution < -0.4 is 15.4 Å². The minimum Gasteiger partial charge on any atom is -0.494 e. The molecule has 124 valence electrons. The second-order valence-electron chi connectivity index (χ2n) is 4.48. The number of ether oxygens (including phenoxy) is 2. The third kappa shape index (κ3) is 8.49. The quantitative estimate of drug-likeness (QED) is 0.527. The Bertz CT molecular complexity index is 451. The Labute approximate surface area is 137 Å². The highest BCUT2D eigenvalue weighted by Gasteiger charge is 2.02. The van der Waals surface area contributed by atoms with Crippen LogP contribution in [0.4, 0.5) is 0 Å². The summed E-state index contributed by atoms with van der Waals surface area (Å²) in [4.78, 5) is 22.2. The second-order valence-corrected chi connectivity index (χ2v) is 4.48. The van der Waals surface area contributed by atoms with Crippen molar-refractivity contribution in [2.24, 2.45) is 0 Å². The Morgan fingerprint density at radius 3 is 2.45 bits per heavy atom. The number of benzene rings is 1. The van der Waals surface area contributed by atoms with E-state index in [9.17, 15) is 9.59 Å². The van der Waals surface area contributed by atoms with Gasteiger partial charge in [-0.15, -0.1) is 12.4 Å². The molecule has 1 aromatic carbocycles. The zero-order valence-electron chi connectivity index (χ0n) is 12.9. The van der Waals surface area contributed by atoms with Crippen LogP contribution in [-0.4, -0.2) is 39.2 Å². The molecule has 0 bridgehead atoms. The molecule has 22 heavy (non-hydrogen) atoms. The Balaban J connectivity index is 0.00000441. The summed E-state index contributed by atoms with van der Waals surface area (Å²) in [5.41, 5.74) is 1.00. The molecule has 2 N–H and O–H groups in total. The van der Waals surface area contributed by atoms with Crippen molar-refractivity contribution in [3.8, 4) is 5.75 Å². The normalized spacial score (nSPS) is 9.55. The highest BCUT2D eigenvalue weighted by Crippen LogP contribution is 2.12. The van der Waals surface area contributed by atoms with E-state index in [0.29, 0.717) is 32.5 Å². The number of esters is 1.